The molecule has 0 heterocycles. The standard InChI is InChI=1S/C30H46N2/c1-17(2)23-13-15-25(29(21(9)10)27(23)19(5)6)31-32-26-16-14-24(18(3)4)28(20(7)8)30(26)22(11)12/h13-22H,1-12H3. The van der Waals surface area contributed by atoms with Crippen LogP contribution in [-0.2, 0) is 0 Å². The molecule has 0 atom stereocenters. The van der Waals surface area contributed by atoms with Crippen LogP contribution in [-0.4, -0.2) is 0 Å². The van der Waals surface area contributed by atoms with Crippen LogP contribution in [0.15, 0.2) is 34.5 Å². The fourth-order valence-electron chi connectivity index (χ4n) is 5.07. The molecule has 0 aliphatic rings. The van der Waals surface area contributed by atoms with Crippen LogP contribution in [0.25, 0.3) is 0 Å². The molecule has 0 radical (unpaired) electrons. The van der Waals surface area contributed by atoms with Gasteiger partial charge in [-0.3, -0.25) is 0 Å². The zero-order chi connectivity index (χ0) is 24.3. The quantitative estimate of drug-likeness (QED) is 0.369. The number of nitrogens with zero attached hydrogens (tertiary/aromatic N) is 2. The van der Waals surface area contributed by atoms with Crippen LogP contribution in [0, 0.1) is 0 Å². The second-order valence-electron chi connectivity index (χ2n) is 11.1. The highest BCUT2D eigenvalue weighted by Gasteiger charge is 2.22. The van der Waals surface area contributed by atoms with Gasteiger partial charge in [0.2, 0.25) is 0 Å². The molecule has 32 heavy (non-hydrogen) atoms. The lowest BCUT2D eigenvalue weighted by Gasteiger charge is -2.24. The molecular weight excluding hydrogens is 388 g/mol. The fraction of sp³-hybridized carbons (Fsp3) is 0.600. The summed E-state index contributed by atoms with van der Waals surface area (Å²) < 4.78 is 0. The summed E-state index contributed by atoms with van der Waals surface area (Å²) in [5, 5.41) is 9.77. The Hall–Kier alpha value is -1.96. The largest absolute Gasteiger partial charge is 0.150 e. The van der Waals surface area contributed by atoms with Gasteiger partial charge in [0.15, 0.2) is 0 Å². The molecule has 0 aliphatic carbocycles. The number of hydrogen-bond acceptors (Lipinski definition) is 2. The van der Waals surface area contributed by atoms with E-state index in [-0.39, 0.29) is 0 Å². The predicted molar refractivity (Wildman–Crippen MR) is 142 cm³/mol. The molecule has 2 aromatic carbocycles. The maximum atomic E-state index is 4.88. The van der Waals surface area contributed by atoms with Crippen molar-refractivity contribution in [2.45, 2.75) is 119 Å². The average molecular weight is 435 g/mol. The van der Waals surface area contributed by atoms with Gasteiger partial charge in [0, 0.05) is 0 Å². The third-order valence-corrected chi connectivity index (χ3v) is 6.41. The smallest absolute Gasteiger partial charge is 0.0894 e. The summed E-state index contributed by atoms with van der Waals surface area (Å²) in [5.41, 5.74) is 10.5. The van der Waals surface area contributed by atoms with Gasteiger partial charge in [-0.05, 0) is 81.0 Å². The summed E-state index contributed by atoms with van der Waals surface area (Å²) >= 11 is 0. The second kappa shape index (κ2) is 10.8. The monoisotopic (exact) mass is 434 g/mol. The van der Waals surface area contributed by atoms with Crippen molar-refractivity contribution >= 4 is 11.4 Å². The minimum Gasteiger partial charge on any atom is -0.150 e. The Kier molecular flexibility index (Phi) is 8.85. The van der Waals surface area contributed by atoms with Crippen molar-refractivity contribution in [3.05, 3.63) is 57.6 Å². The molecule has 0 bridgehead atoms. The number of hydrogen-bond donors (Lipinski definition) is 0. The summed E-state index contributed by atoms with van der Waals surface area (Å²) in [4.78, 5) is 0. The van der Waals surface area contributed by atoms with Gasteiger partial charge in [-0.1, -0.05) is 95.2 Å². The molecule has 0 fully saturated rings. The molecular formula is C30H46N2. The van der Waals surface area contributed by atoms with E-state index in [2.05, 4.69) is 107 Å². The summed E-state index contributed by atoms with van der Waals surface area (Å²) in [7, 11) is 0. The first-order valence-electron chi connectivity index (χ1n) is 12.6. The first kappa shape index (κ1) is 26.3. The fourth-order valence-corrected chi connectivity index (χ4v) is 5.07. The van der Waals surface area contributed by atoms with Gasteiger partial charge in [-0.25, -0.2) is 0 Å². The molecule has 2 rings (SSSR count). The molecule has 2 heteroatoms. The molecule has 0 unspecified atom stereocenters. The lowest BCUT2D eigenvalue weighted by atomic mass is 9.82. The van der Waals surface area contributed by atoms with Gasteiger partial charge in [0.25, 0.3) is 0 Å². The molecule has 0 amide bonds. The van der Waals surface area contributed by atoms with E-state index < -0.39 is 0 Å². The number of benzene rings is 2. The summed E-state index contributed by atoms with van der Waals surface area (Å²) in [6, 6.07) is 8.90. The van der Waals surface area contributed by atoms with Gasteiger partial charge >= 0.3 is 0 Å². The van der Waals surface area contributed by atoms with Crippen molar-refractivity contribution in [1.29, 1.82) is 0 Å². The molecule has 0 aromatic heterocycles. The van der Waals surface area contributed by atoms with E-state index in [4.69, 9.17) is 10.2 Å². The Morgan fingerprint density at radius 3 is 0.875 bits per heavy atom. The minimum atomic E-state index is 0.402. The minimum absolute atomic E-state index is 0.402. The summed E-state index contributed by atoms with van der Waals surface area (Å²) in [6.07, 6.45) is 0. The van der Waals surface area contributed by atoms with Crippen LogP contribution in [0.1, 0.15) is 152 Å². The molecule has 0 N–H and O–H groups in total. The lowest BCUT2D eigenvalue weighted by molar-refractivity contribution is 0.745. The zero-order valence-electron chi connectivity index (χ0n) is 22.7. The first-order chi connectivity index (χ1) is 14.9. The van der Waals surface area contributed by atoms with E-state index in [0.29, 0.717) is 35.5 Å². The van der Waals surface area contributed by atoms with Crippen molar-refractivity contribution in [2.24, 2.45) is 10.2 Å². The lowest BCUT2D eigenvalue weighted by Crippen LogP contribution is -2.06. The first-order valence-corrected chi connectivity index (χ1v) is 12.6. The van der Waals surface area contributed by atoms with Crippen LogP contribution in [0.4, 0.5) is 11.4 Å². The third-order valence-electron chi connectivity index (χ3n) is 6.41. The maximum absolute atomic E-state index is 4.88. The Bertz CT molecular complexity index is 866. The van der Waals surface area contributed by atoms with E-state index >= 15 is 0 Å². The highest BCUT2D eigenvalue weighted by atomic mass is 15.1. The van der Waals surface area contributed by atoms with Gasteiger partial charge in [-0.2, -0.15) is 10.2 Å². The molecule has 2 aromatic rings. The van der Waals surface area contributed by atoms with E-state index in [1.54, 1.807) is 0 Å². The molecule has 0 saturated carbocycles. The van der Waals surface area contributed by atoms with Gasteiger partial charge in [0.1, 0.15) is 0 Å². The van der Waals surface area contributed by atoms with Crippen molar-refractivity contribution in [3.8, 4) is 0 Å². The van der Waals surface area contributed by atoms with Gasteiger partial charge < -0.3 is 0 Å². The Balaban J connectivity index is 2.73. The molecule has 0 aliphatic heterocycles. The van der Waals surface area contributed by atoms with Gasteiger partial charge in [0.05, 0.1) is 11.4 Å². The SMILES string of the molecule is CC(C)c1ccc(N=Nc2ccc(C(C)C)c(C(C)C)c2C(C)C)c(C(C)C)c1C(C)C. The van der Waals surface area contributed by atoms with Crippen LogP contribution < -0.4 is 0 Å². The normalized spacial score (nSPS) is 12.7. The van der Waals surface area contributed by atoms with Crippen LogP contribution in [0.5, 0.6) is 0 Å². The van der Waals surface area contributed by atoms with Crippen molar-refractivity contribution in [1.82, 2.24) is 0 Å². The van der Waals surface area contributed by atoms with E-state index in [1.807, 2.05) is 0 Å². The maximum Gasteiger partial charge on any atom is 0.0894 e. The highest BCUT2D eigenvalue weighted by Crippen LogP contribution is 2.42. The van der Waals surface area contributed by atoms with E-state index in [1.165, 1.54) is 33.4 Å². The molecule has 2 nitrogen and oxygen atoms in total. The number of azo groups is 1. The average Bonchev–Trinajstić information content (AvgIpc) is 2.69. The number of rotatable bonds is 8. The Morgan fingerprint density at radius 2 is 0.656 bits per heavy atom. The van der Waals surface area contributed by atoms with Crippen molar-refractivity contribution in [3.63, 3.8) is 0 Å². The Morgan fingerprint density at radius 1 is 0.375 bits per heavy atom. The highest BCUT2D eigenvalue weighted by molar-refractivity contribution is 5.59. The third kappa shape index (κ3) is 5.50. The second-order valence-corrected chi connectivity index (χ2v) is 11.1. The molecule has 0 saturated heterocycles. The zero-order valence-corrected chi connectivity index (χ0v) is 22.7. The summed E-state index contributed by atoms with van der Waals surface area (Å²) in [6.45, 7) is 27.4. The van der Waals surface area contributed by atoms with E-state index in [0.717, 1.165) is 11.4 Å². The van der Waals surface area contributed by atoms with E-state index in [9.17, 15) is 0 Å². The van der Waals surface area contributed by atoms with Crippen molar-refractivity contribution < 1.29 is 0 Å². The van der Waals surface area contributed by atoms with Crippen LogP contribution >= 0.6 is 0 Å². The van der Waals surface area contributed by atoms with Crippen molar-refractivity contribution in [2.75, 3.05) is 0 Å². The molecule has 0 spiro atoms. The van der Waals surface area contributed by atoms with Crippen LogP contribution in [0.3, 0.4) is 0 Å². The van der Waals surface area contributed by atoms with Gasteiger partial charge in [-0.15, -0.1) is 0 Å². The summed E-state index contributed by atoms with van der Waals surface area (Å²) in [5.74, 6) is 2.73. The molecule has 176 valence electrons. The predicted octanol–water partition coefficient (Wildman–Crippen LogP) is 10.8. The topological polar surface area (TPSA) is 24.7 Å². The Labute approximate surface area is 198 Å². The van der Waals surface area contributed by atoms with Crippen LogP contribution in [0.2, 0.25) is 0 Å².